The van der Waals surface area contributed by atoms with Gasteiger partial charge in [-0.2, -0.15) is 23.5 Å². The molecule has 0 aromatic heterocycles. The van der Waals surface area contributed by atoms with E-state index in [4.69, 9.17) is 5.73 Å². The van der Waals surface area contributed by atoms with Crippen LogP contribution in [0.5, 0.6) is 0 Å². The van der Waals surface area contributed by atoms with Crippen molar-refractivity contribution in [1.82, 2.24) is 0 Å². The molecule has 2 saturated carbocycles. The molecule has 0 amide bonds. The second-order valence-electron chi connectivity index (χ2n) is 6.25. The van der Waals surface area contributed by atoms with E-state index in [1.807, 2.05) is 0 Å². The van der Waals surface area contributed by atoms with Crippen molar-refractivity contribution in [2.24, 2.45) is 23.5 Å². The molecule has 3 fully saturated rings. The Morgan fingerprint density at radius 2 is 2.00 bits per heavy atom. The highest BCUT2D eigenvalue weighted by Gasteiger charge is 2.41. The number of thioether (sulfide) groups is 2. The van der Waals surface area contributed by atoms with E-state index in [9.17, 15) is 0 Å². The van der Waals surface area contributed by atoms with Crippen LogP contribution in [-0.4, -0.2) is 28.0 Å². The number of fused-ring (bicyclic) bond motifs is 2. The zero-order chi connectivity index (χ0) is 11.8. The average molecular weight is 271 g/mol. The minimum Gasteiger partial charge on any atom is -0.327 e. The van der Waals surface area contributed by atoms with Gasteiger partial charge >= 0.3 is 0 Å². The third-order valence-electron chi connectivity index (χ3n) is 5.12. The molecule has 1 nitrogen and oxygen atoms in total. The standard InChI is InChI=1S/C14H25NS2/c1-9-14(17-5-4-16-9)13(15)8-12-7-10-2-3-11(12)6-10/h9-14H,2-8,15H2,1H3. The van der Waals surface area contributed by atoms with Crippen LogP contribution in [0.15, 0.2) is 0 Å². The summed E-state index contributed by atoms with van der Waals surface area (Å²) < 4.78 is 0. The van der Waals surface area contributed by atoms with Crippen LogP contribution in [0.4, 0.5) is 0 Å². The van der Waals surface area contributed by atoms with Crippen LogP contribution >= 0.6 is 23.5 Å². The molecule has 1 saturated heterocycles. The molecule has 0 radical (unpaired) electrons. The van der Waals surface area contributed by atoms with Crippen LogP contribution in [0.2, 0.25) is 0 Å². The first-order valence-corrected chi connectivity index (χ1v) is 9.32. The lowest BCUT2D eigenvalue weighted by molar-refractivity contribution is 0.292. The van der Waals surface area contributed by atoms with Gasteiger partial charge < -0.3 is 5.73 Å². The van der Waals surface area contributed by atoms with Crippen LogP contribution in [0.25, 0.3) is 0 Å². The van der Waals surface area contributed by atoms with Gasteiger partial charge in [0, 0.05) is 28.0 Å². The maximum atomic E-state index is 6.52. The van der Waals surface area contributed by atoms with E-state index in [2.05, 4.69) is 30.4 Å². The van der Waals surface area contributed by atoms with Crippen LogP contribution in [0.3, 0.4) is 0 Å². The maximum absolute atomic E-state index is 6.52. The molecule has 2 aliphatic carbocycles. The van der Waals surface area contributed by atoms with E-state index in [1.165, 1.54) is 43.6 Å². The number of nitrogens with two attached hydrogens (primary N) is 1. The second-order valence-corrected chi connectivity index (χ2v) is 9.02. The Kier molecular flexibility index (Phi) is 3.98. The molecule has 3 aliphatic rings. The molecule has 2 bridgehead atoms. The van der Waals surface area contributed by atoms with E-state index in [0.29, 0.717) is 11.3 Å². The van der Waals surface area contributed by atoms with E-state index in [-0.39, 0.29) is 0 Å². The van der Waals surface area contributed by atoms with E-state index in [1.54, 1.807) is 0 Å². The fourth-order valence-corrected chi connectivity index (χ4v) is 7.18. The zero-order valence-corrected chi connectivity index (χ0v) is 12.4. The third kappa shape index (κ3) is 2.66. The molecule has 1 aliphatic heterocycles. The van der Waals surface area contributed by atoms with Gasteiger partial charge in [0.25, 0.3) is 0 Å². The van der Waals surface area contributed by atoms with Crippen molar-refractivity contribution in [3.63, 3.8) is 0 Å². The highest BCUT2D eigenvalue weighted by atomic mass is 32.2. The summed E-state index contributed by atoms with van der Waals surface area (Å²) in [5, 5.41) is 1.48. The Labute approximate surface area is 114 Å². The van der Waals surface area contributed by atoms with E-state index < -0.39 is 0 Å². The summed E-state index contributed by atoms with van der Waals surface area (Å²) in [5.41, 5.74) is 6.52. The normalized spacial score (nSPS) is 47.3. The van der Waals surface area contributed by atoms with Crippen LogP contribution < -0.4 is 5.73 Å². The lowest BCUT2D eigenvalue weighted by Gasteiger charge is -2.35. The first kappa shape index (κ1) is 12.7. The van der Waals surface area contributed by atoms with Crippen molar-refractivity contribution >= 4 is 23.5 Å². The monoisotopic (exact) mass is 271 g/mol. The molecule has 17 heavy (non-hydrogen) atoms. The van der Waals surface area contributed by atoms with E-state index >= 15 is 0 Å². The Balaban J connectivity index is 1.54. The van der Waals surface area contributed by atoms with Gasteiger partial charge in [-0.3, -0.25) is 0 Å². The molecule has 3 rings (SSSR count). The molecule has 1 heterocycles. The topological polar surface area (TPSA) is 26.0 Å². The number of rotatable bonds is 3. The van der Waals surface area contributed by atoms with Crippen LogP contribution in [0.1, 0.15) is 39.0 Å². The van der Waals surface area contributed by atoms with Gasteiger partial charge in [-0.15, -0.1) is 0 Å². The lowest BCUT2D eigenvalue weighted by atomic mass is 9.83. The molecule has 6 unspecified atom stereocenters. The summed E-state index contributed by atoms with van der Waals surface area (Å²) in [7, 11) is 0. The van der Waals surface area contributed by atoms with Crippen molar-refractivity contribution < 1.29 is 0 Å². The summed E-state index contributed by atoms with van der Waals surface area (Å²) in [6, 6.07) is 0.451. The van der Waals surface area contributed by atoms with Crippen LogP contribution in [0, 0.1) is 17.8 Å². The second kappa shape index (κ2) is 5.34. The van der Waals surface area contributed by atoms with Crippen molar-refractivity contribution in [3.8, 4) is 0 Å². The molecule has 3 heteroatoms. The lowest BCUT2D eigenvalue weighted by Crippen LogP contribution is -2.42. The Morgan fingerprint density at radius 3 is 2.65 bits per heavy atom. The Morgan fingerprint density at radius 1 is 1.18 bits per heavy atom. The molecule has 98 valence electrons. The summed E-state index contributed by atoms with van der Waals surface area (Å²) in [6.45, 7) is 2.38. The SMILES string of the molecule is CC1SCCSC1C(N)CC1CC2CCC1C2. The predicted octanol–water partition coefficient (Wildman–Crippen LogP) is 3.38. The fraction of sp³-hybridized carbons (Fsp3) is 1.00. The summed E-state index contributed by atoms with van der Waals surface area (Å²) in [4.78, 5) is 0. The van der Waals surface area contributed by atoms with Gasteiger partial charge in [0.2, 0.25) is 0 Å². The first-order chi connectivity index (χ1) is 8.24. The largest absolute Gasteiger partial charge is 0.327 e. The number of hydrogen-bond acceptors (Lipinski definition) is 3. The van der Waals surface area contributed by atoms with Gasteiger partial charge in [0.15, 0.2) is 0 Å². The fourth-order valence-electron chi connectivity index (χ4n) is 4.27. The van der Waals surface area contributed by atoms with Gasteiger partial charge in [-0.25, -0.2) is 0 Å². The predicted molar refractivity (Wildman–Crippen MR) is 79.7 cm³/mol. The zero-order valence-electron chi connectivity index (χ0n) is 10.8. The van der Waals surface area contributed by atoms with Gasteiger partial charge in [0.05, 0.1) is 0 Å². The highest BCUT2D eigenvalue weighted by molar-refractivity contribution is 8.07. The summed E-state index contributed by atoms with van der Waals surface area (Å²) >= 11 is 4.26. The van der Waals surface area contributed by atoms with Crippen molar-refractivity contribution in [2.75, 3.05) is 11.5 Å². The minimum absolute atomic E-state index is 0.451. The molecule has 6 atom stereocenters. The van der Waals surface area contributed by atoms with E-state index in [0.717, 1.165) is 23.0 Å². The molecule has 0 aromatic carbocycles. The Bertz CT molecular complexity index is 271. The van der Waals surface area contributed by atoms with Gasteiger partial charge in [0.1, 0.15) is 0 Å². The molecule has 0 aromatic rings. The summed E-state index contributed by atoms with van der Waals surface area (Å²) in [6.07, 6.45) is 7.35. The number of hydrogen-bond donors (Lipinski definition) is 1. The van der Waals surface area contributed by atoms with Crippen molar-refractivity contribution in [3.05, 3.63) is 0 Å². The highest BCUT2D eigenvalue weighted by Crippen LogP contribution is 2.50. The van der Waals surface area contributed by atoms with Gasteiger partial charge in [-0.05, 0) is 43.4 Å². The molecular weight excluding hydrogens is 246 g/mol. The van der Waals surface area contributed by atoms with Crippen LogP contribution in [-0.2, 0) is 0 Å². The Hall–Kier alpha value is 0.660. The minimum atomic E-state index is 0.451. The smallest absolute Gasteiger partial charge is 0.0315 e. The van der Waals surface area contributed by atoms with Crippen molar-refractivity contribution in [1.29, 1.82) is 0 Å². The van der Waals surface area contributed by atoms with Crippen molar-refractivity contribution in [2.45, 2.75) is 55.6 Å². The third-order valence-corrected chi connectivity index (χ3v) is 8.39. The first-order valence-electron chi connectivity index (χ1n) is 7.23. The average Bonchev–Trinajstić information content (AvgIpc) is 2.91. The summed E-state index contributed by atoms with van der Waals surface area (Å²) in [5.74, 6) is 5.72. The maximum Gasteiger partial charge on any atom is 0.0315 e. The molecule has 2 N–H and O–H groups in total. The van der Waals surface area contributed by atoms with Gasteiger partial charge in [-0.1, -0.05) is 13.3 Å². The molecule has 0 spiro atoms. The quantitative estimate of drug-likeness (QED) is 0.852. The molecular formula is C14H25NS2.